The molecular weight excluding hydrogens is 373 g/mol. The van der Waals surface area contributed by atoms with Crippen molar-refractivity contribution in [2.45, 2.75) is 45.7 Å². The number of amides is 2. The summed E-state index contributed by atoms with van der Waals surface area (Å²) in [6, 6.07) is 5.87. The summed E-state index contributed by atoms with van der Waals surface area (Å²) in [7, 11) is 0. The number of piperidine rings is 1. The Morgan fingerprint density at radius 2 is 1.92 bits per heavy atom. The molecule has 2 N–H and O–H groups in total. The number of carbonyl (C=O) groups excluding carboxylic acids is 2. The number of likely N-dealkylation sites (tertiary alicyclic amines) is 1. The predicted molar refractivity (Wildman–Crippen MR) is 105 cm³/mol. The van der Waals surface area contributed by atoms with Crippen molar-refractivity contribution in [3.05, 3.63) is 33.8 Å². The molecule has 1 aromatic rings. The topological polar surface area (TPSA) is 61.4 Å². The van der Waals surface area contributed by atoms with Crippen LogP contribution >= 0.6 is 23.2 Å². The Labute approximate surface area is 165 Å². The van der Waals surface area contributed by atoms with Crippen molar-refractivity contribution in [3.63, 3.8) is 0 Å². The Bertz CT molecular complexity index is 631. The van der Waals surface area contributed by atoms with Crippen molar-refractivity contribution in [3.8, 4) is 0 Å². The molecule has 5 nitrogen and oxygen atoms in total. The van der Waals surface area contributed by atoms with E-state index in [0.29, 0.717) is 10.0 Å². The number of benzene rings is 1. The molecule has 1 heterocycles. The first kappa shape index (κ1) is 21.0. The number of nitrogens with one attached hydrogen (secondary N) is 2. The van der Waals surface area contributed by atoms with Crippen molar-refractivity contribution in [1.29, 1.82) is 0 Å². The second kappa shape index (κ2) is 10.1. The third-order valence-electron chi connectivity index (χ3n) is 4.83. The van der Waals surface area contributed by atoms with Crippen LogP contribution in [0.4, 0.5) is 0 Å². The summed E-state index contributed by atoms with van der Waals surface area (Å²) >= 11 is 12.0. The van der Waals surface area contributed by atoms with Crippen LogP contribution in [0.3, 0.4) is 0 Å². The maximum atomic E-state index is 12.0. The standard InChI is InChI=1S/C19H27Cl2N3O2/c1-3-13(2)19(26)22-11-18(25)23-15-6-8-24(9-7-15)12-14-4-5-16(20)17(21)10-14/h4-5,10,13,15H,3,6-9,11-12H2,1-2H3,(H,22,26)(H,23,25). The molecule has 2 amide bonds. The van der Waals surface area contributed by atoms with Crippen molar-refractivity contribution < 1.29 is 9.59 Å². The van der Waals surface area contributed by atoms with E-state index in [1.165, 1.54) is 0 Å². The van der Waals surface area contributed by atoms with E-state index in [1.807, 2.05) is 32.0 Å². The minimum atomic E-state index is -0.121. The highest BCUT2D eigenvalue weighted by molar-refractivity contribution is 6.42. The van der Waals surface area contributed by atoms with Crippen molar-refractivity contribution in [1.82, 2.24) is 15.5 Å². The number of hydrogen-bond donors (Lipinski definition) is 2. The molecule has 26 heavy (non-hydrogen) atoms. The molecule has 1 unspecified atom stereocenters. The predicted octanol–water partition coefficient (Wildman–Crippen LogP) is 3.24. The molecule has 144 valence electrons. The average Bonchev–Trinajstić information content (AvgIpc) is 2.63. The molecule has 0 saturated carbocycles. The summed E-state index contributed by atoms with van der Waals surface area (Å²) in [6.45, 7) is 6.50. The van der Waals surface area contributed by atoms with Gasteiger partial charge in [-0.2, -0.15) is 0 Å². The quantitative estimate of drug-likeness (QED) is 0.739. The molecule has 1 atom stereocenters. The highest BCUT2D eigenvalue weighted by atomic mass is 35.5. The van der Waals surface area contributed by atoms with Crippen LogP contribution in [-0.2, 0) is 16.1 Å². The molecule has 1 aliphatic rings. The van der Waals surface area contributed by atoms with Crippen molar-refractivity contribution in [2.75, 3.05) is 19.6 Å². The lowest BCUT2D eigenvalue weighted by atomic mass is 10.0. The average molecular weight is 400 g/mol. The molecule has 1 fully saturated rings. The largest absolute Gasteiger partial charge is 0.352 e. The van der Waals surface area contributed by atoms with Crippen LogP contribution in [0.1, 0.15) is 38.7 Å². The number of halogens is 2. The summed E-state index contributed by atoms with van der Waals surface area (Å²) in [5.74, 6) is -0.254. The SMILES string of the molecule is CCC(C)C(=O)NCC(=O)NC1CCN(Cc2ccc(Cl)c(Cl)c2)CC1. The molecular formula is C19H27Cl2N3O2. The van der Waals surface area contributed by atoms with Crippen LogP contribution in [0, 0.1) is 5.92 Å². The molecule has 0 bridgehead atoms. The summed E-state index contributed by atoms with van der Waals surface area (Å²) in [5.41, 5.74) is 1.13. The molecule has 7 heteroatoms. The highest BCUT2D eigenvalue weighted by Crippen LogP contribution is 2.24. The Kier molecular flexibility index (Phi) is 8.19. The van der Waals surface area contributed by atoms with E-state index in [-0.39, 0.29) is 30.3 Å². The molecule has 1 aromatic carbocycles. The number of nitrogens with zero attached hydrogens (tertiary/aromatic N) is 1. The molecule has 1 aliphatic heterocycles. The van der Waals surface area contributed by atoms with Gasteiger partial charge in [0.1, 0.15) is 0 Å². The number of hydrogen-bond acceptors (Lipinski definition) is 3. The van der Waals surface area contributed by atoms with E-state index >= 15 is 0 Å². The fourth-order valence-corrected chi connectivity index (χ4v) is 3.26. The minimum Gasteiger partial charge on any atom is -0.352 e. The van der Waals surface area contributed by atoms with E-state index in [4.69, 9.17) is 23.2 Å². The van der Waals surface area contributed by atoms with Crippen LogP contribution in [-0.4, -0.2) is 42.4 Å². The van der Waals surface area contributed by atoms with Crippen LogP contribution in [0.5, 0.6) is 0 Å². The van der Waals surface area contributed by atoms with E-state index < -0.39 is 0 Å². The second-order valence-corrected chi connectivity index (χ2v) is 7.71. The van der Waals surface area contributed by atoms with Gasteiger partial charge in [0.15, 0.2) is 0 Å². The van der Waals surface area contributed by atoms with Gasteiger partial charge < -0.3 is 10.6 Å². The second-order valence-electron chi connectivity index (χ2n) is 6.89. The van der Waals surface area contributed by atoms with Crippen LogP contribution in [0.15, 0.2) is 18.2 Å². The maximum absolute atomic E-state index is 12.0. The Morgan fingerprint density at radius 3 is 2.54 bits per heavy atom. The van der Waals surface area contributed by atoms with Gasteiger partial charge in [0.25, 0.3) is 0 Å². The monoisotopic (exact) mass is 399 g/mol. The van der Waals surface area contributed by atoms with E-state index in [2.05, 4.69) is 15.5 Å². The Morgan fingerprint density at radius 1 is 1.23 bits per heavy atom. The minimum absolute atomic E-state index is 0.0483. The Balaban J connectivity index is 1.70. The highest BCUT2D eigenvalue weighted by Gasteiger charge is 2.21. The first-order valence-electron chi connectivity index (χ1n) is 9.12. The maximum Gasteiger partial charge on any atom is 0.239 e. The zero-order chi connectivity index (χ0) is 19.1. The molecule has 2 rings (SSSR count). The first-order chi connectivity index (χ1) is 12.4. The molecule has 0 spiro atoms. The van der Waals surface area contributed by atoms with Crippen LogP contribution in [0.2, 0.25) is 10.0 Å². The van der Waals surface area contributed by atoms with Gasteiger partial charge in [-0.25, -0.2) is 0 Å². The Hall–Kier alpha value is -1.30. The first-order valence-corrected chi connectivity index (χ1v) is 9.88. The van der Waals surface area contributed by atoms with Gasteiger partial charge in [0.05, 0.1) is 16.6 Å². The summed E-state index contributed by atoms with van der Waals surface area (Å²) in [5, 5.41) is 6.84. The van der Waals surface area contributed by atoms with Gasteiger partial charge in [0, 0.05) is 31.6 Å². The van der Waals surface area contributed by atoms with E-state index in [0.717, 1.165) is 44.5 Å². The third-order valence-corrected chi connectivity index (χ3v) is 5.57. The van der Waals surface area contributed by atoms with Gasteiger partial charge in [0.2, 0.25) is 11.8 Å². The van der Waals surface area contributed by atoms with Crippen molar-refractivity contribution in [2.24, 2.45) is 5.92 Å². The fraction of sp³-hybridized carbons (Fsp3) is 0.579. The van der Waals surface area contributed by atoms with E-state index in [9.17, 15) is 9.59 Å². The van der Waals surface area contributed by atoms with E-state index in [1.54, 1.807) is 0 Å². The lowest BCUT2D eigenvalue weighted by Crippen LogP contribution is -2.47. The smallest absolute Gasteiger partial charge is 0.239 e. The van der Waals surface area contributed by atoms with Gasteiger partial charge in [-0.3, -0.25) is 14.5 Å². The molecule has 0 radical (unpaired) electrons. The lowest BCUT2D eigenvalue weighted by molar-refractivity contribution is -0.128. The van der Waals surface area contributed by atoms with Crippen LogP contribution in [0.25, 0.3) is 0 Å². The van der Waals surface area contributed by atoms with Gasteiger partial charge in [-0.05, 0) is 37.0 Å². The molecule has 0 aliphatic carbocycles. The fourth-order valence-electron chi connectivity index (χ4n) is 2.94. The summed E-state index contributed by atoms with van der Waals surface area (Å²) < 4.78 is 0. The van der Waals surface area contributed by atoms with Gasteiger partial charge in [-0.1, -0.05) is 43.1 Å². The number of carbonyl (C=O) groups is 2. The number of rotatable bonds is 7. The van der Waals surface area contributed by atoms with Gasteiger partial charge >= 0.3 is 0 Å². The van der Waals surface area contributed by atoms with Crippen molar-refractivity contribution >= 4 is 35.0 Å². The lowest BCUT2D eigenvalue weighted by Gasteiger charge is -2.32. The molecule has 1 saturated heterocycles. The summed E-state index contributed by atoms with van der Waals surface area (Å²) in [4.78, 5) is 26.1. The zero-order valence-electron chi connectivity index (χ0n) is 15.4. The normalized spacial score (nSPS) is 16.9. The zero-order valence-corrected chi connectivity index (χ0v) is 16.9. The molecule has 0 aromatic heterocycles. The van der Waals surface area contributed by atoms with Crippen LogP contribution < -0.4 is 10.6 Å². The summed E-state index contributed by atoms with van der Waals surface area (Å²) in [6.07, 6.45) is 2.56. The van der Waals surface area contributed by atoms with Gasteiger partial charge in [-0.15, -0.1) is 0 Å². The third kappa shape index (κ3) is 6.45.